The first-order valence-electron chi connectivity index (χ1n) is 9.05. The van der Waals surface area contributed by atoms with Crippen molar-refractivity contribution in [3.8, 4) is 0 Å². The number of hydrogen-bond acceptors (Lipinski definition) is 4. The van der Waals surface area contributed by atoms with Gasteiger partial charge in [0.1, 0.15) is 0 Å². The Kier molecular flexibility index (Phi) is 8.09. The Morgan fingerprint density at radius 2 is 2.08 bits per heavy atom. The summed E-state index contributed by atoms with van der Waals surface area (Å²) in [6.45, 7) is 3.61. The average molecular weight is 379 g/mol. The van der Waals surface area contributed by atoms with Crippen LogP contribution in [0.15, 0.2) is 34.2 Å². The van der Waals surface area contributed by atoms with Crippen LogP contribution in [0.4, 0.5) is 4.79 Å². The van der Waals surface area contributed by atoms with Gasteiger partial charge in [0.15, 0.2) is 5.96 Å². The largest absolute Gasteiger partial charge is 0.450 e. The van der Waals surface area contributed by atoms with E-state index in [2.05, 4.69) is 51.0 Å². The predicted octanol–water partition coefficient (Wildman–Crippen LogP) is 2.94. The van der Waals surface area contributed by atoms with E-state index in [1.807, 2.05) is 14.0 Å². The second kappa shape index (κ2) is 10.3. The van der Waals surface area contributed by atoms with E-state index in [0.29, 0.717) is 19.1 Å². The molecule has 1 amide bonds. The Morgan fingerprint density at radius 3 is 2.62 bits per heavy atom. The second-order valence-electron chi connectivity index (χ2n) is 6.44. The van der Waals surface area contributed by atoms with E-state index in [0.717, 1.165) is 25.3 Å². The summed E-state index contributed by atoms with van der Waals surface area (Å²) in [5.41, 5.74) is 1.23. The summed E-state index contributed by atoms with van der Waals surface area (Å²) in [4.78, 5) is 19.4. The summed E-state index contributed by atoms with van der Waals surface area (Å²) in [7, 11) is 3.79. The van der Waals surface area contributed by atoms with Crippen molar-refractivity contribution >= 4 is 23.8 Å². The molecular weight excluding hydrogens is 348 g/mol. The minimum atomic E-state index is -0.344. The third kappa shape index (κ3) is 6.44. The molecule has 26 heavy (non-hydrogen) atoms. The van der Waals surface area contributed by atoms with Crippen molar-refractivity contribution in [3.05, 3.63) is 29.8 Å². The van der Waals surface area contributed by atoms with Gasteiger partial charge < -0.3 is 20.3 Å². The van der Waals surface area contributed by atoms with Gasteiger partial charge in [0.25, 0.3) is 0 Å². The quantitative estimate of drug-likeness (QED) is 0.414. The normalized spacial score (nSPS) is 15.3. The molecule has 1 aliphatic rings. The number of thioether (sulfide) groups is 1. The zero-order valence-corrected chi connectivity index (χ0v) is 16.9. The number of nitrogens with zero attached hydrogens (tertiary/aromatic N) is 2. The van der Waals surface area contributed by atoms with Crippen molar-refractivity contribution < 1.29 is 9.53 Å². The standard InChI is InChI=1S/C19H30N4O2S/c1-5-25-19(24)22-17(15-8-9-15)12-21-18(20-2)23(3)13-14-6-10-16(26-4)11-7-14/h6-7,10-11,15,17H,5,8-9,12-13H2,1-4H3,(H,20,21)(H,22,24). The molecule has 0 bridgehead atoms. The van der Waals surface area contributed by atoms with Crippen LogP contribution in [0.25, 0.3) is 0 Å². The van der Waals surface area contributed by atoms with Gasteiger partial charge in [-0.25, -0.2) is 4.79 Å². The lowest BCUT2D eigenvalue weighted by molar-refractivity contribution is 0.146. The lowest BCUT2D eigenvalue weighted by Gasteiger charge is -2.25. The fraction of sp³-hybridized carbons (Fsp3) is 0.579. The number of benzene rings is 1. The fourth-order valence-corrected chi connectivity index (χ4v) is 3.23. The van der Waals surface area contributed by atoms with Crippen LogP contribution in [0.2, 0.25) is 0 Å². The Hall–Kier alpha value is -1.89. The minimum Gasteiger partial charge on any atom is -0.450 e. The predicted molar refractivity (Wildman–Crippen MR) is 108 cm³/mol. The smallest absolute Gasteiger partial charge is 0.407 e. The highest BCUT2D eigenvalue weighted by molar-refractivity contribution is 7.98. The Balaban J connectivity index is 1.87. The lowest BCUT2D eigenvalue weighted by atomic mass is 10.2. The first kappa shape index (κ1) is 20.4. The van der Waals surface area contributed by atoms with E-state index in [-0.39, 0.29) is 12.1 Å². The van der Waals surface area contributed by atoms with E-state index in [9.17, 15) is 4.79 Å². The van der Waals surface area contributed by atoms with Gasteiger partial charge in [-0.2, -0.15) is 0 Å². The van der Waals surface area contributed by atoms with Gasteiger partial charge in [-0.05, 0) is 49.6 Å². The molecule has 0 spiro atoms. The molecule has 0 saturated heterocycles. The summed E-state index contributed by atoms with van der Waals surface area (Å²) >= 11 is 1.74. The molecule has 0 aromatic heterocycles. The van der Waals surface area contributed by atoms with Gasteiger partial charge in [0.2, 0.25) is 0 Å². The van der Waals surface area contributed by atoms with Gasteiger partial charge in [0.05, 0.1) is 12.6 Å². The zero-order valence-electron chi connectivity index (χ0n) is 16.1. The molecule has 1 aromatic carbocycles. The van der Waals surface area contributed by atoms with Gasteiger partial charge >= 0.3 is 6.09 Å². The number of carbonyl (C=O) groups excluding carboxylic acids is 1. The molecule has 1 saturated carbocycles. The van der Waals surface area contributed by atoms with Crippen LogP contribution in [-0.2, 0) is 11.3 Å². The molecule has 0 aliphatic heterocycles. The minimum absolute atomic E-state index is 0.0695. The van der Waals surface area contributed by atoms with Crippen LogP contribution < -0.4 is 10.6 Å². The summed E-state index contributed by atoms with van der Waals surface area (Å²) in [5, 5.41) is 6.34. The van der Waals surface area contributed by atoms with Crippen LogP contribution in [0, 0.1) is 5.92 Å². The van der Waals surface area contributed by atoms with E-state index >= 15 is 0 Å². The van der Waals surface area contributed by atoms with E-state index in [1.54, 1.807) is 18.8 Å². The number of guanidine groups is 1. The highest BCUT2D eigenvalue weighted by atomic mass is 32.2. The molecule has 1 atom stereocenters. The van der Waals surface area contributed by atoms with Crippen molar-refractivity contribution in [1.82, 2.24) is 15.5 Å². The summed E-state index contributed by atoms with van der Waals surface area (Å²) in [5.74, 6) is 1.34. The summed E-state index contributed by atoms with van der Waals surface area (Å²) < 4.78 is 5.01. The Labute approximate surface area is 160 Å². The molecule has 1 fully saturated rings. The molecule has 0 heterocycles. The number of hydrogen-bond donors (Lipinski definition) is 2. The molecule has 2 N–H and O–H groups in total. The third-order valence-corrected chi connectivity index (χ3v) is 5.15. The van der Waals surface area contributed by atoms with Gasteiger partial charge in [-0.1, -0.05) is 12.1 Å². The lowest BCUT2D eigenvalue weighted by Crippen LogP contribution is -2.48. The van der Waals surface area contributed by atoms with Crippen LogP contribution in [0.1, 0.15) is 25.3 Å². The van der Waals surface area contributed by atoms with E-state index < -0.39 is 0 Å². The second-order valence-corrected chi connectivity index (χ2v) is 7.32. The van der Waals surface area contributed by atoms with Crippen molar-refractivity contribution in [1.29, 1.82) is 0 Å². The Bertz CT molecular complexity index is 602. The number of amides is 1. The monoisotopic (exact) mass is 378 g/mol. The van der Waals surface area contributed by atoms with Gasteiger partial charge in [0, 0.05) is 32.1 Å². The van der Waals surface area contributed by atoms with Crippen LogP contribution in [-0.4, -0.2) is 56.5 Å². The summed E-state index contributed by atoms with van der Waals surface area (Å²) in [6.07, 6.45) is 4.03. The van der Waals surface area contributed by atoms with Gasteiger partial charge in [-0.15, -0.1) is 11.8 Å². The third-order valence-electron chi connectivity index (χ3n) is 4.40. The molecular formula is C19H30N4O2S. The van der Waals surface area contributed by atoms with Crippen LogP contribution >= 0.6 is 11.8 Å². The zero-order chi connectivity index (χ0) is 18.9. The van der Waals surface area contributed by atoms with Gasteiger partial charge in [-0.3, -0.25) is 4.99 Å². The maximum Gasteiger partial charge on any atom is 0.407 e. The molecule has 144 valence electrons. The highest BCUT2D eigenvalue weighted by Gasteiger charge is 2.32. The first-order valence-corrected chi connectivity index (χ1v) is 10.3. The van der Waals surface area contributed by atoms with E-state index in [1.165, 1.54) is 10.5 Å². The number of rotatable bonds is 8. The van der Waals surface area contributed by atoms with Crippen LogP contribution in [0.5, 0.6) is 0 Å². The van der Waals surface area contributed by atoms with Crippen molar-refractivity contribution in [2.75, 3.05) is 33.5 Å². The molecule has 6 nitrogen and oxygen atoms in total. The average Bonchev–Trinajstić information content (AvgIpc) is 3.47. The number of ether oxygens (including phenoxy) is 1. The fourth-order valence-electron chi connectivity index (χ4n) is 2.82. The molecule has 0 radical (unpaired) electrons. The molecule has 1 unspecified atom stereocenters. The van der Waals surface area contributed by atoms with Crippen molar-refractivity contribution in [2.45, 2.75) is 37.2 Å². The molecule has 1 aromatic rings. The highest BCUT2D eigenvalue weighted by Crippen LogP contribution is 2.32. The summed E-state index contributed by atoms with van der Waals surface area (Å²) in [6, 6.07) is 8.63. The topological polar surface area (TPSA) is 66.0 Å². The molecule has 2 rings (SSSR count). The molecule has 7 heteroatoms. The SMILES string of the molecule is CCOC(=O)NC(CNC(=NC)N(C)Cc1ccc(SC)cc1)C1CC1. The Morgan fingerprint density at radius 1 is 1.38 bits per heavy atom. The van der Waals surface area contributed by atoms with Crippen molar-refractivity contribution in [2.24, 2.45) is 10.9 Å². The number of alkyl carbamates (subject to hydrolysis) is 1. The number of nitrogens with one attached hydrogen (secondary N) is 2. The van der Waals surface area contributed by atoms with Crippen molar-refractivity contribution in [3.63, 3.8) is 0 Å². The maximum absolute atomic E-state index is 11.7. The number of carbonyl (C=O) groups is 1. The first-order chi connectivity index (χ1) is 12.6. The van der Waals surface area contributed by atoms with E-state index in [4.69, 9.17) is 4.74 Å². The number of aliphatic imine (C=N–C) groups is 1. The molecule has 1 aliphatic carbocycles. The van der Waals surface area contributed by atoms with Crippen LogP contribution in [0.3, 0.4) is 0 Å². The maximum atomic E-state index is 11.7.